The zero-order valence-corrected chi connectivity index (χ0v) is 8.58. The van der Waals surface area contributed by atoms with E-state index in [2.05, 4.69) is 10.2 Å². The Morgan fingerprint density at radius 1 is 1.29 bits per heavy atom. The maximum atomic E-state index is 6.22. The molecule has 1 aliphatic carbocycles. The van der Waals surface area contributed by atoms with Crippen LogP contribution in [0, 0.1) is 5.92 Å². The third-order valence-corrected chi connectivity index (χ3v) is 3.31. The molecule has 14 heavy (non-hydrogen) atoms. The molecule has 1 unspecified atom stereocenters. The number of rotatable bonds is 2. The summed E-state index contributed by atoms with van der Waals surface area (Å²) >= 11 is 0. The molecule has 0 radical (unpaired) electrons. The van der Waals surface area contributed by atoms with E-state index in [1.165, 1.54) is 38.5 Å². The summed E-state index contributed by atoms with van der Waals surface area (Å²) in [6.07, 6.45) is 11.8. The van der Waals surface area contributed by atoms with Crippen molar-refractivity contribution in [3.8, 4) is 0 Å². The molecule has 78 valence electrons. The van der Waals surface area contributed by atoms with Crippen molar-refractivity contribution < 1.29 is 0 Å². The van der Waals surface area contributed by atoms with E-state index in [1.807, 2.05) is 12.4 Å². The van der Waals surface area contributed by atoms with Crippen LogP contribution in [0.15, 0.2) is 12.4 Å². The average Bonchev–Trinajstić information content (AvgIpc) is 2.59. The molecule has 0 aromatic carbocycles. The molecule has 3 heteroatoms. The fourth-order valence-corrected chi connectivity index (χ4v) is 2.39. The quantitative estimate of drug-likeness (QED) is 0.708. The van der Waals surface area contributed by atoms with Gasteiger partial charge in [-0.1, -0.05) is 25.7 Å². The van der Waals surface area contributed by atoms with Crippen LogP contribution in [0.5, 0.6) is 0 Å². The van der Waals surface area contributed by atoms with Crippen molar-refractivity contribution in [2.45, 2.75) is 44.6 Å². The van der Waals surface area contributed by atoms with E-state index in [0.717, 1.165) is 5.56 Å². The van der Waals surface area contributed by atoms with Gasteiger partial charge in [-0.15, -0.1) is 0 Å². The Bertz CT molecular complexity index is 248. The standard InChI is InChI=1S/C11H19N3/c12-11(10-7-13-14-8-10)9-5-3-1-2-4-6-9/h7-9,11H,1-6,12H2,(H,13,14). The molecule has 1 aromatic rings. The summed E-state index contributed by atoms with van der Waals surface area (Å²) in [5.41, 5.74) is 7.39. The molecule has 2 rings (SSSR count). The van der Waals surface area contributed by atoms with Gasteiger partial charge < -0.3 is 5.73 Å². The normalized spacial score (nSPS) is 21.8. The van der Waals surface area contributed by atoms with Gasteiger partial charge in [-0.05, 0) is 18.8 Å². The Morgan fingerprint density at radius 3 is 2.57 bits per heavy atom. The van der Waals surface area contributed by atoms with Crippen molar-refractivity contribution >= 4 is 0 Å². The van der Waals surface area contributed by atoms with E-state index in [-0.39, 0.29) is 6.04 Å². The highest BCUT2D eigenvalue weighted by Gasteiger charge is 2.21. The number of nitrogens with two attached hydrogens (primary N) is 1. The second kappa shape index (κ2) is 4.60. The molecular weight excluding hydrogens is 174 g/mol. The molecule has 1 fully saturated rings. The summed E-state index contributed by atoms with van der Waals surface area (Å²) < 4.78 is 0. The third kappa shape index (κ3) is 2.15. The molecule has 0 saturated heterocycles. The van der Waals surface area contributed by atoms with Crippen molar-refractivity contribution in [2.24, 2.45) is 11.7 Å². The Labute approximate surface area is 85.1 Å². The van der Waals surface area contributed by atoms with E-state index >= 15 is 0 Å². The van der Waals surface area contributed by atoms with Crippen LogP contribution < -0.4 is 5.73 Å². The molecule has 3 N–H and O–H groups in total. The number of hydrogen-bond donors (Lipinski definition) is 2. The van der Waals surface area contributed by atoms with Gasteiger partial charge in [0.1, 0.15) is 0 Å². The summed E-state index contributed by atoms with van der Waals surface area (Å²) in [6, 6.07) is 0.187. The highest BCUT2D eigenvalue weighted by molar-refractivity contribution is 5.09. The molecule has 3 nitrogen and oxygen atoms in total. The molecule has 1 heterocycles. The van der Waals surface area contributed by atoms with Gasteiger partial charge in [0, 0.05) is 17.8 Å². The van der Waals surface area contributed by atoms with E-state index in [9.17, 15) is 0 Å². The van der Waals surface area contributed by atoms with Crippen LogP contribution in [0.3, 0.4) is 0 Å². The fraction of sp³-hybridized carbons (Fsp3) is 0.727. The van der Waals surface area contributed by atoms with Crippen molar-refractivity contribution in [2.75, 3.05) is 0 Å². The topological polar surface area (TPSA) is 54.7 Å². The maximum absolute atomic E-state index is 6.22. The average molecular weight is 193 g/mol. The minimum atomic E-state index is 0.187. The van der Waals surface area contributed by atoms with Crippen LogP contribution >= 0.6 is 0 Å². The second-order valence-electron chi connectivity index (χ2n) is 4.31. The van der Waals surface area contributed by atoms with Gasteiger partial charge in [-0.3, -0.25) is 5.10 Å². The lowest BCUT2D eigenvalue weighted by molar-refractivity contribution is 0.382. The molecule has 0 spiro atoms. The first-order valence-corrected chi connectivity index (χ1v) is 5.62. The van der Waals surface area contributed by atoms with Crippen molar-refractivity contribution in [1.82, 2.24) is 10.2 Å². The van der Waals surface area contributed by atoms with Gasteiger partial charge in [-0.25, -0.2) is 0 Å². The fourth-order valence-electron chi connectivity index (χ4n) is 2.39. The Hall–Kier alpha value is -0.830. The van der Waals surface area contributed by atoms with Crippen molar-refractivity contribution in [3.05, 3.63) is 18.0 Å². The van der Waals surface area contributed by atoms with E-state index in [1.54, 1.807) is 0 Å². The number of nitrogens with zero attached hydrogens (tertiary/aromatic N) is 1. The predicted molar refractivity (Wildman–Crippen MR) is 56.7 cm³/mol. The number of hydrogen-bond acceptors (Lipinski definition) is 2. The predicted octanol–water partition coefficient (Wildman–Crippen LogP) is 2.38. The van der Waals surface area contributed by atoms with E-state index < -0.39 is 0 Å². The second-order valence-corrected chi connectivity index (χ2v) is 4.31. The molecule has 1 atom stereocenters. The lowest BCUT2D eigenvalue weighted by Gasteiger charge is -2.20. The largest absolute Gasteiger partial charge is 0.324 e. The Kier molecular flexibility index (Phi) is 3.19. The summed E-state index contributed by atoms with van der Waals surface area (Å²) in [5.74, 6) is 0.662. The highest BCUT2D eigenvalue weighted by atomic mass is 15.1. The van der Waals surface area contributed by atoms with Crippen LogP contribution in [0.25, 0.3) is 0 Å². The molecular formula is C11H19N3. The van der Waals surface area contributed by atoms with E-state index in [0.29, 0.717) is 5.92 Å². The Balaban J connectivity index is 1.99. The zero-order valence-electron chi connectivity index (χ0n) is 8.58. The summed E-state index contributed by atoms with van der Waals surface area (Å²) in [7, 11) is 0. The molecule has 1 aromatic heterocycles. The van der Waals surface area contributed by atoms with Gasteiger partial charge in [0.25, 0.3) is 0 Å². The molecule has 0 amide bonds. The SMILES string of the molecule is NC(c1cn[nH]c1)C1CCCCCC1. The smallest absolute Gasteiger partial charge is 0.0535 e. The van der Waals surface area contributed by atoms with Crippen LogP contribution in [0.4, 0.5) is 0 Å². The lowest BCUT2D eigenvalue weighted by Crippen LogP contribution is -2.20. The van der Waals surface area contributed by atoms with Crippen LogP contribution in [-0.4, -0.2) is 10.2 Å². The van der Waals surface area contributed by atoms with Gasteiger partial charge in [0.15, 0.2) is 0 Å². The molecule has 0 aliphatic heterocycles. The summed E-state index contributed by atoms with van der Waals surface area (Å²) in [4.78, 5) is 0. The van der Waals surface area contributed by atoms with Crippen LogP contribution in [0.1, 0.15) is 50.1 Å². The minimum Gasteiger partial charge on any atom is -0.324 e. The summed E-state index contributed by atoms with van der Waals surface area (Å²) in [5, 5.41) is 6.79. The Morgan fingerprint density at radius 2 is 2.00 bits per heavy atom. The van der Waals surface area contributed by atoms with Gasteiger partial charge in [0.2, 0.25) is 0 Å². The van der Waals surface area contributed by atoms with Gasteiger partial charge >= 0.3 is 0 Å². The lowest BCUT2D eigenvalue weighted by atomic mass is 9.89. The van der Waals surface area contributed by atoms with Crippen LogP contribution in [-0.2, 0) is 0 Å². The summed E-state index contributed by atoms with van der Waals surface area (Å²) in [6.45, 7) is 0. The third-order valence-electron chi connectivity index (χ3n) is 3.31. The van der Waals surface area contributed by atoms with E-state index in [4.69, 9.17) is 5.73 Å². The number of H-pyrrole nitrogens is 1. The molecule has 1 saturated carbocycles. The monoisotopic (exact) mass is 193 g/mol. The first-order valence-electron chi connectivity index (χ1n) is 5.62. The molecule has 0 bridgehead atoms. The number of aromatic amines is 1. The number of nitrogens with one attached hydrogen (secondary N) is 1. The zero-order chi connectivity index (χ0) is 9.80. The first-order chi connectivity index (χ1) is 6.88. The van der Waals surface area contributed by atoms with Gasteiger partial charge in [-0.2, -0.15) is 5.10 Å². The number of aromatic nitrogens is 2. The van der Waals surface area contributed by atoms with Crippen molar-refractivity contribution in [1.29, 1.82) is 0 Å². The maximum Gasteiger partial charge on any atom is 0.0535 e. The molecule has 1 aliphatic rings. The minimum absolute atomic E-state index is 0.187. The first kappa shape index (κ1) is 9.71. The van der Waals surface area contributed by atoms with Gasteiger partial charge in [0.05, 0.1) is 6.20 Å². The van der Waals surface area contributed by atoms with Crippen LogP contribution in [0.2, 0.25) is 0 Å². The highest BCUT2D eigenvalue weighted by Crippen LogP contribution is 2.31. The van der Waals surface area contributed by atoms with Crippen molar-refractivity contribution in [3.63, 3.8) is 0 Å².